The van der Waals surface area contributed by atoms with Gasteiger partial charge in [0.15, 0.2) is 5.78 Å². The molecule has 0 atom stereocenters. The van der Waals surface area contributed by atoms with Crippen LogP contribution in [0.3, 0.4) is 0 Å². The van der Waals surface area contributed by atoms with Crippen LogP contribution < -0.4 is 4.74 Å². The Morgan fingerprint density at radius 3 is 2.35 bits per heavy atom. The van der Waals surface area contributed by atoms with E-state index in [2.05, 4.69) is 4.74 Å². The molecule has 90 valence electrons. The van der Waals surface area contributed by atoms with Crippen LogP contribution in [0.4, 0.5) is 13.2 Å². The molecule has 1 aromatic rings. The molecule has 1 rings (SSSR count). The number of nitrogens with zero attached hydrogens (tertiary/aromatic N) is 1. The number of halogens is 3. The lowest BCUT2D eigenvalue weighted by atomic mass is 10.00. The maximum atomic E-state index is 12.7. The van der Waals surface area contributed by atoms with Crippen molar-refractivity contribution in [1.82, 2.24) is 0 Å². The average molecular weight is 243 g/mol. The molecule has 0 aliphatic rings. The smallest absolute Gasteiger partial charge is 0.417 e. The third-order valence-electron chi connectivity index (χ3n) is 2.14. The van der Waals surface area contributed by atoms with E-state index in [-0.39, 0.29) is 11.3 Å². The van der Waals surface area contributed by atoms with Gasteiger partial charge in [-0.3, -0.25) is 4.79 Å². The molecule has 0 unspecified atom stereocenters. The molecule has 0 saturated heterocycles. The van der Waals surface area contributed by atoms with E-state index in [1.165, 1.54) is 0 Å². The number of ketones is 1. The second-order valence-electron chi connectivity index (χ2n) is 3.26. The molecule has 0 heterocycles. The van der Waals surface area contributed by atoms with Gasteiger partial charge in [-0.25, -0.2) is 0 Å². The van der Waals surface area contributed by atoms with Gasteiger partial charge in [0.25, 0.3) is 0 Å². The maximum Gasteiger partial charge on any atom is 0.417 e. The van der Waals surface area contributed by atoms with Gasteiger partial charge in [0, 0.05) is 5.56 Å². The van der Waals surface area contributed by atoms with Crippen LogP contribution in [0.1, 0.15) is 28.4 Å². The number of Topliss-reactive ketones (excluding diaryl/α,β-unsaturated/α-hetero) is 1. The fourth-order valence-corrected chi connectivity index (χ4v) is 1.36. The molecule has 0 N–H and O–H groups in total. The fraction of sp³-hybridized carbons (Fsp3) is 0.273. The first-order chi connectivity index (χ1) is 7.81. The summed E-state index contributed by atoms with van der Waals surface area (Å²) in [5.74, 6) is -0.957. The Morgan fingerprint density at radius 1 is 1.41 bits per heavy atom. The summed E-state index contributed by atoms with van der Waals surface area (Å²) in [5, 5.41) is 8.73. The third-order valence-corrected chi connectivity index (χ3v) is 2.14. The van der Waals surface area contributed by atoms with Crippen molar-refractivity contribution in [3.05, 3.63) is 28.8 Å². The van der Waals surface area contributed by atoms with Crippen LogP contribution in [0.25, 0.3) is 0 Å². The summed E-state index contributed by atoms with van der Waals surface area (Å²) in [4.78, 5) is 11.1. The summed E-state index contributed by atoms with van der Waals surface area (Å²) in [6, 6.07) is 3.23. The zero-order valence-electron chi connectivity index (χ0n) is 9.05. The fourth-order valence-electron chi connectivity index (χ4n) is 1.36. The molecule has 0 aliphatic carbocycles. The molecule has 17 heavy (non-hydrogen) atoms. The van der Waals surface area contributed by atoms with Crippen LogP contribution in [0.5, 0.6) is 5.75 Å². The summed E-state index contributed by atoms with van der Waals surface area (Å²) < 4.78 is 42.7. The Hall–Kier alpha value is -2.03. The number of alkyl halides is 3. The van der Waals surface area contributed by atoms with Gasteiger partial charge in [-0.2, -0.15) is 18.4 Å². The largest absolute Gasteiger partial charge is 0.495 e. The van der Waals surface area contributed by atoms with Crippen molar-refractivity contribution in [2.24, 2.45) is 0 Å². The van der Waals surface area contributed by atoms with Crippen molar-refractivity contribution in [2.45, 2.75) is 13.1 Å². The molecular weight excluding hydrogens is 235 g/mol. The van der Waals surface area contributed by atoms with Crippen LogP contribution in [0.2, 0.25) is 0 Å². The Kier molecular flexibility index (Phi) is 3.42. The molecule has 0 amide bonds. The van der Waals surface area contributed by atoms with Crippen LogP contribution in [-0.2, 0) is 6.18 Å². The lowest BCUT2D eigenvalue weighted by Gasteiger charge is -2.13. The zero-order chi connectivity index (χ0) is 13.2. The minimum absolute atomic E-state index is 0.106. The minimum atomic E-state index is -4.66. The minimum Gasteiger partial charge on any atom is -0.495 e. The van der Waals surface area contributed by atoms with Crippen LogP contribution in [0, 0.1) is 11.3 Å². The van der Waals surface area contributed by atoms with E-state index >= 15 is 0 Å². The predicted molar refractivity (Wildman–Crippen MR) is 52.7 cm³/mol. The van der Waals surface area contributed by atoms with Gasteiger partial charge < -0.3 is 4.74 Å². The third kappa shape index (κ3) is 2.56. The van der Waals surface area contributed by atoms with Crippen molar-refractivity contribution < 1.29 is 22.7 Å². The number of benzene rings is 1. The summed E-state index contributed by atoms with van der Waals surface area (Å²) in [5.41, 5.74) is -1.73. The highest BCUT2D eigenvalue weighted by molar-refractivity contribution is 5.96. The van der Waals surface area contributed by atoms with E-state index in [1.54, 1.807) is 6.07 Å². The monoisotopic (exact) mass is 243 g/mol. The number of nitriles is 1. The van der Waals surface area contributed by atoms with Crippen molar-refractivity contribution in [1.29, 1.82) is 5.26 Å². The molecule has 3 nitrogen and oxygen atoms in total. The highest BCUT2D eigenvalue weighted by atomic mass is 19.4. The second kappa shape index (κ2) is 4.45. The number of rotatable bonds is 2. The van der Waals surface area contributed by atoms with E-state index in [1.807, 2.05) is 0 Å². The van der Waals surface area contributed by atoms with Gasteiger partial charge in [-0.05, 0) is 19.1 Å². The molecule has 0 aliphatic heterocycles. The molecular formula is C11H8F3NO2. The lowest BCUT2D eigenvalue weighted by Crippen LogP contribution is -2.12. The first-order valence-electron chi connectivity index (χ1n) is 4.51. The number of carbonyl (C=O) groups is 1. The average Bonchev–Trinajstić information content (AvgIpc) is 2.25. The van der Waals surface area contributed by atoms with Crippen LogP contribution >= 0.6 is 0 Å². The molecule has 0 radical (unpaired) electrons. The molecule has 0 fully saturated rings. The summed E-state index contributed by atoms with van der Waals surface area (Å²) in [7, 11) is 1.16. The van der Waals surface area contributed by atoms with E-state index in [0.29, 0.717) is 6.07 Å². The van der Waals surface area contributed by atoms with Crippen molar-refractivity contribution in [2.75, 3.05) is 7.11 Å². The number of hydrogen-bond acceptors (Lipinski definition) is 3. The van der Waals surface area contributed by atoms with Gasteiger partial charge in [-0.1, -0.05) is 0 Å². The van der Waals surface area contributed by atoms with Crippen molar-refractivity contribution >= 4 is 5.78 Å². The van der Waals surface area contributed by atoms with Gasteiger partial charge in [-0.15, -0.1) is 0 Å². The SMILES string of the molecule is COc1cc(C(F)(F)F)c(C(C)=O)cc1C#N. The van der Waals surface area contributed by atoms with Crippen molar-refractivity contribution in [3.8, 4) is 11.8 Å². The van der Waals surface area contributed by atoms with Gasteiger partial charge in [0.2, 0.25) is 0 Å². The van der Waals surface area contributed by atoms with Gasteiger partial charge in [0.1, 0.15) is 11.8 Å². The lowest BCUT2D eigenvalue weighted by molar-refractivity contribution is -0.138. The van der Waals surface area contributed by atoms with Gasteiger partial charge in [0.05, 0.1) is 18.2 Å². The van der Waals surface area contributed by atoms with E-state index in [4.69, 9.17) is 5.26 Å². The highest BCUT2D eigenvalue weighted by Crippen LogP contribution is 2.36. The quantitative estimate of drug-likeness (QED) is 0.750. The number of carbonyl (C=O) groups excluding carboxylic acids is 1. The number of methoxy groups -OCH3 is 1. The van der Waals surface area contributed by atoms with Gasteiger partial charge >= 0.3 is 6.18 Å². The Bertz CT molecular complexity index is 501. The first-order valence-corrected chi connectivity index (χ1v) is 4.51. The standard InChI is InChI=1S/C11H8F3NO2/c1-6(16)8-3-7(5-15)10(17-2)4-9(8)11(12,13)14/h3-4H,1-2H3. The topological polar surface area (TPSA) is 50.1 Å². The molecule has 6 heteroatoms. The Labute approximate surface area is 95.4 Å². The molecule has 0 saturated carbocycles. The van der Waals surface area contributed by atoms with E-state index < -0.39 is 23.1 Å². The Morgan fingerprint density at radius 2 is 2.00 bits per heavy atom. The summed E-state index contributed by atoms with van der Waals surface area (Å²) in [6.45, 7) is 1.01. The maximum absolute atomic E-state index is 12.7. The van der Waals surface area contributed by atoms with E-state index in [0.717, 1.165) is 20.1 Å². The molecule has 1 aromatic carbocycles. The van der Waals surface area contributed by atoms with Crippen LogP contribution in [0.15, 0.2) is 12.1 Å². The summed E-state index contributed by atoms with van der Waals surface area (Å²) >= 11 is 0. The molecule has 0 spiro atoms. The summed E-state index contributed by atoms with van der Waals surface area (Å²) in [6.07, 6.45) is -4.66. The molecule has 0 bridgehead atoms. The molecule has 0 aromatic heterocycles. The van der Waals surface area contributed by atoms with Crippen LogP contribution in [-0.4, -0.2) is 12.9 Å². The normalized spacial score (nSPS) is 10.8. The number of ether oxygens (including phenoxy) is 1. The highest BCUT2D eigenvalue weighted by Gasteiger charge is 2.35. The van der Waals surface area contributed by atoms with Crippen molar-refractivity contribution in [3.63, 3.8) is 0 Å². The first kappa shape index (κ1) is 13.0. The second-order valence-corrected chi connectivity index (χ2v) is 3.26. The predicted octanol–water partition coefficient (Wildman–Crippen LogP) is 2.79. The zero-order valence-corrected chi connectivity index (χ0v) is 9.05. The number of hydrogen-bond donors (Lipinski definition) is 0. The van der Waals surface area contributed by atoms with E-state index in [9.17, 15) is 18.0 Å². The Balaban J connectivity index is 3.59.